The average Bonchev–Trinajstić information content (AvgIpc) is 2.81. The number of hydrogen-bond donors (Lipinski definition) is 2. The van der Waals surface area contributed by atoms with Crippen LogP contribution >= 0.6 is 0 Å². The van der Waals surface area contributed by atoms with Crippen molar-refractivity contribution in [2.75, 3.05) is 11.9 Å². The molecule has 5 heteroatoms. The minimum atomic E-state index is -0.531. The summed E-state index contributed by atoms with van der Waals surface area (Å²) in [5, 5.41) is 2.81. The Morgan fingerprint density at radius 1 is 1.33 bits per heavy atom. The van der Waals surface area contributed by atoms with Crippen molar-refractivity contribution in [3.05, 3.63) is 29.8 Å². The predicted octanol–water partition coefficient (Wildman–Crippen LogP) is 1.48. The maximum atomic E-state index is 12.1. The number of aryl methyl sites for hydroxylation is 1. The maximum Gasteiger partial charge on any atom is 0.315 e. The van der Waals surface area contributed by atoms with Gasteiger partial charge in [-0.2, -0.15) is 0 Å². The topological polar surface area (TPSA) is 75.4 Å². The Balaban J connectivity index is 2.03. The Kier molecular flexibility index (Phi) is 3.50. The van der Waals surface area contributed by atoms with Crippen LogP contribution in [0.25, 0.3) is 0 Å². The second-order valence-corrected chi connectivity index (χ2v) is 4.54. The molecule has 1 saturated heterocycles. The number of carbonyl (C=O) groups excluding carboxylic acids is 2. The van der Waals surface area contributed by atoms with E-state index in [-0.39, 0.29) is 5.91 Å². The Labute approximate surface area is 106 Å². The number of amides is 3. The first-order valence-corrected chi connectivity index (χ1v) is 6.01. The number of urea groups is 1. The molecule has 0 aromatic heterocycles. The molecule has 3 amide bonds. The number of primary amides is 1. The summed E-state index contributed by atoms with van der Waals surface area (Å²) in [6, 6.07) is 6.57. The Morgan fingerprint density at radius 2 is 2.00 bits per heavy atom. The fraction of sp³-hybridized carbons (Fsp3) is 0.385. The van der Waals surface area contributed by atoms with Gasteiger partial charge in [0.1, 0.15) is 6.04 Å². The lowest BCUT2D eigenvalue weighted by molar-refractivity contribution is -0.119. The second-order valence-electron chi connectivity index (χ2n) is 4.54. The summed E-state index contributed by atoms with van der Waals surface area (Å²) >= 11 is 0. The van der Waals surface area contributed by atoms with Crippen LogP contribution in [0.3, 0.4) is 0 Å². The number of nitrogens with zero attached hydrogens (tertiary/aromatic N) is 1. The molecular formula is C13H17N3O2. The summed E-state index contributed by atoms with van der Waals surface area (Å²) in [5.74, 6) is -0.171. The monoisotopic (exact) mass is 247 g/mol. The van der Waals surface area contributed by atoms with Crippen molar-refractivity contribution in [3.8, 4) is 0 Å². The summed E-state index contributed by atoms with van der Waals surface area (Å²) in [6.07, 6.45) is 1.48. The van der Waals surface area contributed by atoms with Crippen molar-refractivity contribution < 1.29 is 9.59 Å². The maximum absolute atomic E-state index is 12.1. The van der Waals surface area contributed by atoms with Crippen LogP contribution in [0.5, 0.6) is 0 Å². The number of hydrogen-bond acceptors (Lipinski definition) is 2. The molecule has 18 heavy (non-hydrogen) atoms. The van der Waals surface area contributed by atoms with E-state index in [2.05, 4.69) is 5.32 Å². The summed E-state index contributed by atoms with van der Waals surface area (Å²) in [4.78, 5) is 24.7. The van der Waals surface area contributed by atoms with Gasteiger partial charge < -0.3 is 16.0 Å². The molecule has 1 unspecified atom stereocenters. The lowest BCUT2D eigenvalue weighted by atomic mass is 10.2. The van der Waals surface area contributed by atoms with E-state index in [4.69, 9.17) is 5.73 Å². The van der Waals surface area contributed by atoms with Gasteiger partial charge in [0.2, 0.25) is 5.91 Å². The molecule has 1 aromatic carbocycles. The number of nitrogens with one attached hydrogen (secondary N) is 1. The Morgan fingerprint density at radius 3 is 2.61 bits per heavy atom. The molecule has 1 aromatic rings. The minimum absolute atomic E-state index is 0.171. The van der Waals surface area contributed by atoms with Crippen molar-refractivity contribution in [2.24, 2.45) is 5.73 Å². The van der Waals surface area contributed by atoms with Gasteiger partial charge in [-0.3, -0.25) is 4.79 Å². The number of carbonyl (C=O) groups is 2. The van der Waals surface area contributed by atoms with E-state index < -0.39 is 12.1 Å². The molecule has 1 atom stereocenters. The molecule has 1 fully saturated rings. The summed E-state index contributed by atoms with van der Waals surface area (Å²) in [6.45, 7) is 2.54. The van der Waals surface area contributed by atoms with E-state index in [0.29, 0.717) is 13.0 Å². The van der Waals surface area contributed by atoms with Crippen LogP contribution in [-0.4, -0.2) is 29.4 Å². The lowest BCUT2D eigenvalue weighted by Crippen LogP contribution is -2.45. The van der Waals surface area contributed by atoms with E-state index in [1.54, 1.807) is 0 Å². The quantitative estimate of drug-likeness (QED) is 0.830. The van der Waals surface area contributed by atoms with Crippen LogP contribution in [0.1, 0.15) is 18.4 Å². The summed E-state index contributed by atoms with van der Waals surface area (Å²) in [7, 11) is 0. The zero-order valence-corrected chi connectivity index (χ0v) is 10.3. The molecule has 5 nitrogen and oxygen atoms in total. The van der Waals surface area contributed by atoms with Gasteiger partial charge in [-0.1, -0.05) is 17.7 Å². The molecule has 3 N–H and O–H groups in total. The van der Waals surface area contributed by atoms with E-state index in [9.17, 15) is 9.59 Å². The summed E-state index contributed by atoms with van der Waals surface area (Å²) < 4.78 is 0. The van der Waals surface area contributed by atoms with E-state index >= 15 is 0 Å². The van der Waals surface area contributed by atoms with Gasteiger partial charge >= 0.3 is 6.03 Å². The molecule has 0 bridgehead atoms. The first-order chi connectivity index (χ1) is 8.58. The molecule has 96 valence electrons. The third-order valence-electron chi connectivity index (χ3n) is 3.16. The first-order valence-electron chi connectivity index (χ1n) is 6.01. The van der Waals surface area contributed by atoms with E-state index in [1.807, 2.05) is 31.2 Å². The van der Waals surface area contributed by atoms with Crippen molar-refractivity contribution >= 4 is 17.6 Å². The van der Waals surface area contributed by atoms with Crippen LogP contribution in [0.4, 0.5) is 10.5 Å². The van der Waals surface area contributed by atoms with Crippen LogP contribution in [-0.2, 0) is 4.79 Å². The van der Waals surface area contributed by atoms with Crippen LogP contribution in [0, 0.1) is 6.92 Å². The van der Waals surface area contributed by atoms with Gasteiger partial charge in [0.25, 0.3) is 0 Å². The smallest absolute Gasteiger partial charge is 0.315 e. The predicted molar refractivity (Wildman–Crippen MR) is 69.1 cm³/mol. The van der Waals surface area contributed by atoms with Crippen LogP contribution < -0.4 is 11.1 Å². The number of benzene rings is 1. The third-order valence-corrected chi connectivity index (χ3v) is 3.16. The zero-order valence-electron chi connectivity index (χ0n) is 10.3. The number of rotatable bonds is 2. The zero-order chi connectivity index (χ0) is 13.1. The van der Waals surface area contributed by atoms with Gasteiger partial charge in [-0.25, -0.2) is 4.79 Å². The molecule has 0 saturated carbocycles. The van der Waals surface area contributed by atoms with Gasteiger partial charge in [0.15, 0.2) is 0 Å². The summed E-state index contributed by atoms with van der Waals surface area (Å²) in [5.41, 5.74) is 7.12. The van der Waals surface area contributed by atoms with Crippen molar-refractivity contribution in [1.82, 2.24) is 4.90 Å². The highest BCUT2D eigenvalue weighted by molar-refractivity contribution is 5.97. The highest BCUT2D eigenvalue weighted by Crippen LogP contribution is 2.19. The molecule has 1 aliphatic rings. The number of likely N-dealkylation sites (tertiary alicyclic amines) is 1. The molecule has 0 radical (unpaired) electrons. The van der Waals surface area contributed by atoms with Gasteiger partial charge in [0.05, 0.1) is 0 Å². The molecule has 2 rings (SSSR count). The van der Waals surface area contributed by atoms with Crippen LogP contribution in [0.2, 0.25) is 0 Å². The number of nitrogens with two attached hydrogens (primary N) is 1. The van der Waals surface area contributed by atoms with Crippen molar-refractivity contribution in [3.63, 3.8) is 0 Å². The standard InChI is InChI=1S/C13H17N3O2/c1-9-4-6-10(7-5-9)15-12(17)11-3-2-8-16(11)13(14)18/h4-7,11H,2-3,8H2,1H3,(H2,14,18)(H,15,17). The van der Waals surface area contributed by atoms with E-state index in [0.717, 1.165) is 17.7 Å². The normalized spacial score (nSPS) is 18.7. The SMILES string of the molecule is Cc1ccc(NC(=O)C2CCCN2C(N)=O)cc1. The Bertz CT molecular complexity index is 456. The fourth-order valence-corrected chi connectivity index (χ4v) is 2.17. The average molecular weight is 247 g/mol. The molecule has 0 spiro atoms. The third kappa shape index (κ3) is 2.61. The Hall–Kier alpha value is -2.04. The highest BCUT2D eigenvalue weighted by atomic mass is 16.2. The largest absolute Gasteiger partial charge is 0.351 e. The lowest BCUT2D eigenvalue weighted by Gasteiger charge is -2.21. The minimum Gasteiger partial charge on any atom is -0.351 e. The second kappa shape index (κ2) is 5.08. The van der Waals surface area contributed by atoms with Crippen molar-refractivity contribution in [2.45, 2.75) is 25.8 Å². The van der Waals surface area contributed by atoms with Gasteiger partial charge in [-0.05, 0) is 31.9 Å². The van der Waals surface area contributed by atoms with Crippen molar-refractivity contribution in [1.29, 1.82) is 0 Å². The highest BCUT2D eigenvalue weighted by Gasteiger charge is 2.32. The van der Waals surface area contributed by atoms with Gasteiger partial charge in [-0.15, -0.1) is 0 Å². The molecule has 0 aliphatic carbocycles. The molecule has 1 aliphatic heterocycles. The fourth-order valence-electron chi connectivity index (χ4n) is 2.17. The molecule has 1 heterocycles. The van der Waals surface area contributed by atoms with E-state index in [1.165, 1.54) is 4.90 Å². The van der Waals surface area contributed by atoms with Crippen LogP contribution in [0.15, 0.2) is 24.3 Å². The molecular weight excluding hydrogens is 230 g/mol. The first kappa shape index (κ1) is 12.4. The number of anilines is 1. The van der Waals surface area contributed by atoms with Gasteiger partial charge in [0, 0.05) is 12.2 Å².